The molecule has 1 atom stereocenters. The van der Waals surface area contributed by atoms with Crippen molar-refractivity contribution in [3.8, 4) is 11.5 Å². The number of nitrogens with one attached hydrogen (secondary N) is 2. The van der Waals surface area contributed by atoms with Gasteiger partial charge < -0.3 is 20.3 Å². The molecule has 30 heavy (non-hydrogen) atoms. The van der Waals surface area contributed by atoms with Crippen molar-refractivity contribution in [2.75, 3.05) is 20.3 Å². The zero-order valence-corrected chi connectivity index (χ0v) is 17.1. The molecule has 3 rings (SSSR count). The van der Waals surface area contributed by atoms with Crippen LogP contribution in [-0.4, -0.2) is 45.7 Å². The molecule has 3 aromatic carbocycles. The van der Waals surface area contributed by atoms with Crippen molar-refractivity contribution >= 4 is 26.6 Å². The Bertz CT molecular complexity index is 1160. The Balaban J connectivity index is 1.62. The highest BCUT2D eigenvalue weighted by atomic mass is 32.2. The second-order valence-corrected chi connectivity index (χ2v) is 8.40. The molecule has 0 radical (unpaired) electrons. The van der Waals surface area contributed by atoms with Crippen LogP contribution in [0.1, 0.15) is 5.56 Å². The highest BCUT2D eigenvalue weighted by Gasteiger charge is 2.17. The van der Waals surface area contributed by atoms with Gasteiger partial charge in [-0.15, -0.1) is 0 Å². The van der Waals surface area contributed by atoms with E-state index >= 15 is 0 Å². The first-order valence-corrected chi connectivity index (χ1v) is 10.6. The van der Waals surface area contributed by atoms with Crippen molar-refractivity contribution in [1.29, 1.82) is 5.41 Å². The van der Waals surface area contributed by atoms with Crippen LogP contribution in [-0.2, 0) is 10.0 Å². The maximum Gasteiger partial charge on any atom is 0.240 e. The van der Waals surface area contributed by atoms with Crippen LogP contribution in [0, 0.1) is 5.41 Å². The standard InChI is InChI=1S/C21H23N3O5S/c1-28-18-7-5-14-6-8-20(11-16(14)10-18)30(26,27)24-12-17(25)13-29-19-4-2-3-15(9-19)21(22)23/h2-11,17,24-25H,12-13H2,1H3,(H3,22,23). The molecule has 0 bridgehead atoms. The number of ether oxygens (including phenoxy) is 2. The summed E-state index contributed by atoms with van der Waals surface area (Å²) in [7, 11) is -2.27. The van der Waals surface area contributed by atoms with Gasteiger partial charge in [-0.25, -0.2) is 13.1 Å². The molecule has 9 heteroatoms. The minimum atomic E-state index is -3.82. The maximum atomic E-state index is 12.6. The smallest absolute Gasteiger partial charge is 0.240 e. The predicted molar refractivity (Wildman–Crippen MR) is 115 cm³/mol. The van der Waals surface area contributed by atoms with E-state index in [0.29, 0.717) is 17.1 Å². The molecule has 0 aliphatic carbocycles. The van der Waals surface area contributed by atoms with Gasteiger partial charge >= 0.3 is 0 Å². The van der Waals surface area contributed by atoms with Crippen LogP contribution in [0.5, 0.6) is 11.5 Å². The molecule has 0 aliphatic rings. The van der Waals surface area contributed by atoms with E-state index in [4.69, 9.17) is 20.6 Å². The third-order valence-corrected chi connectivity index (χ3v) is 5.85. The molecule has 0 heterocycles. The van der Waals surface area contributed by atoms with Gasteiger partial charge in [-0.1, -0.05) is 24.3 Å². The van der Waals surface area contributed by atoms with E-state index in [-0.39, 0.29) is 23.9 Å². The first-order valence-electron chi connectivity index (χ1n) is 9.11. The Morgan fingerprint density at radius 1 is 1.10 bits per heavy atom. The van der Waals surface area contributed by atoms with Crippen LogP contribution >= 0.6 is 0 Å². The number of nitrogens with two attached hydrogens (primary N) is 1. The summed E-state index contributed by atoms with van der Waals surface area (Å²) in [5.41, 5.74) is 5.93. The van der Waals surface area contributed by atoms with Gasteiger partial charge in [0, 0.05) is 12.1 Å². The second kappa shape index (κ2) is 9.12. The van der Waals surface area contributed by atoms with Crippen molar-refractivity contribution in [2.45, 2.75) is 11.0 Å². The molecular weight excluding hydrogens is 406 g/mol. The minimum absolute atomic E-state index is 0.0885. The summed E-state index contributed by atoms with van der Waals surface area (Å²) in [5, 5.41) is 19.1. The normalized spacial score (nSPS) is 12.5. The summed E-state index contributed by atoms with van der Waals surface area (Å²) < 4.78 is 38.2. The lowest BCUT2D eigenvalue weighted by Crippen LogP contribution is -2.35. The van der Waals surface area contributed by atoms with Crippen molar-refractivity contribution in [3.05, 3.63) is 66.2 Å². The Labute approximate surface area is 174 Å². The number of amidine groups is 1. The van der Waals surface area contributed by atoms with Crippen LogP contribution in [0.25, 0.3) is 10.8 Å². The molecule has 0 aromatic heterocycles. The van der Waals surface area contributed by atoms with Gasteiger partial charge in [-0.2, -0.15) is 0 Å². The number of aliphatic hydroxyl groups excluding tert-OH is 1. The summed E-state index contributed by atoms with van der Waals surface area (Å²) >= 11 is 0. The monoisotopic (exact) mass is 429 g/mol. The highest BCUT2D eigenvalue weighted by molar-refractivity contribution is 7.89. The molecule has 5 N–H and O–H groups in total. The van der Waals surface area contributed by atoms with Crippen LogP contribution < -0.4 is 19.9 Å². The zero-order chi connectivity index (χ0) is 21.7. The van der Waals surface area contributed by atoms with Crippen LogP contribution in [0.3, 0.4) is 0 Å². The largest absolute Gasteiger partial charge is 0.497 e. The van der Waals surface area contributed by atoms with E-state index in [0.717, 1.165) is 10.8 Å². The predicted octanol–water partition coefficient (Wildman–Crippen LogP) is 1.85. The van der Waals surface area contributed by atoms with Crippen LogP contribution in [0.2, 0.25) is 0 Å². The average molecular weight is 429 g/mol. The molecule has 158 valence electrons. The second-order valence-electron chi connectivity index (χ2n) is 6.63. The molecule has 0 fully saturated rings. The molecule has 0 amide bonds. The summed E-state index contributed by atoms with van der Waals surface area (Å²) in [5.74, 6) is 0.960. The first kappa shape index (κ1) is 21.6. The van der Waals surface area contributed by atoms with E-state index in [1.807, 2.05) is 6.07 Å². The topological polar surface area (TPSA) is 135 Å². The van der Waals surface area contributed by atoms with Gasteiger partial charge in [0.2, 0.25) is 10.0 Å². The Morgan fingerprint density at radius 2 is 1.87 bits per heavy atom. The Kier molecular flexibility index (Phi) is 6.56. The number of hydrogen-bond donors (Lipinski definition) is 4. The molecule has 3 aromatic rings. The number of aliphatic hydroxyl groups is 1. The van der Waals surface area contributed by atoms with Crippen molar-refractivity contribution < 1.29 is 23.0 Å². The minimum Gasteiger partial charge on any atom is -0.497 e. The van der Waals surface area contributed by atoms with Crippen molar-refractivity contribution in [1.82, 2.24) is 4.72 Å². The Hall–Kier alpha value is -3.14. The van der Waals surface area contributed by atoms with Gasteiger partial charge in [-0.05, 0) is 47.2 Å². The van der Waals surface area contributed by atoms with Crippen molar-refractivity contribution in [3.63, 3.8) is 0 Å². The summed E-state index contributed by atoms with van der Waals surface area (Å²) in [6.45, 7) is -0.344. The molecule has 0 saturated heterocycles. The Morgan fingerprint density at radius 3 is 2.60 bits per heavy atom. The summed E-state index contributed by atoms with van der Waals surface area (Å²) in [4.78, 5) is 0.0885. The van der Waals surface area contributed by atoms with E-state index in [1.165, 1.54) is 6.07 Å². The van der Waals surface area contributed by atoms with Gasteiger partial charge in [0.05, 0.1) is 12.0 Å². The van der Waals surface area contributed by atoms with E-state index < -0.39 is 16.1 Å². The van der Waals surface area contributed by atoms with E-state index in [2.05, 4.69) is 4.72 Å². The maximum absolute atomic E-state index is 12.6. The lowest BCUT2D eigenvalue weighted by atomic mass is 10.1. The molecule has 0 saturated carbocycles. The third-order valence-electron chi connectivity index (χ3n) is 4.43. The number of benzene rings is 3. The summed E-state index contributed by atoms with van der Waals surface area (Å²) in [6, 6.07) is 16.8. The molecular formula is C21H23N3O5S. The third kappa shape index (κ3) is 5.26. The molecule has 0 spiro atoms. The zero-order valence-electron chi connectivity index (χ0n) is 16.3. The van der Waals surface area contributed by atoms with Crippen LogP contribution in [0.4, 0.5) is 0 Å². The highest BCUT2D eigenvalue weighted by Crippen LogP contribution is 2.23. The lowest BCUT2D eigenvalue weighted by Gasteiger charge is -2.14. The average Bonchev–Trinajstić information content (AvgIpc) is 2.75. The quantitative estimate of drug-likeness (QED) is 0.303. The molecule has 8 nitrogen and oxygen atoms in total. The number of methoxy groups -OCH3 is 1. The van der Waals surface area contributed by atoms with Crippen molar-refractivity contribution in [2.24, 2.45) is 5.73 Å². The fourth-order valence-corrected chi connectivity index (χ4v) is 3.90. The SMILES string of the molecule is COc1ccc2ccc(S(=O)(=O)NCC(O)COc3cccc(C(=N)N)c3)cc2c1. The van der Waals surface area contributed by atoms with Gasteiger partial charge in [-0.3, -0.25) is 5.41 Å². The fourth-order valence-electron chi connectivity index (χ4n) is 2.79. The molecule has 0 aliphatic heterocycles. The number of fused-ring (bicyclic) bond motifs is 1. The number of hydrogen-bond acceptors (Lipinski definition) is 6. The number of sulfonamides is 1. The van der Waals surface area contributed by atoms with E-state index in [9.17, 15) is 13.5 Å². The van der Waals surface area contributed by atoms with Crippen LogP contribution in [0.15, 0.2) is 65.6 Å². The van der Waals surface area contributed by atoms with Gasteiger partial charge in [0.25, 0.3) is 0 Å². The van der Waals surface area contributed by atoms with E-state index in [1.54, 1.807) is 55.6 Å². The number of nitrogen functional groups attached to an aromatic ring is 1. The lowest BCUT2D eigenvalue weighted by molar-refractivity contribution is 0.111. The summed E-state index contributed by atoms with van der Waals surface area (Å²) in [6.07, 6.45) is -1.07. The first-order chi connectivity index (χ1) is 14.3. The molecule has 1 unspecified atom stereocenters. The van der Waals surface area contributed by atoms with Gasteiger partial charge in [0.1, 0.15) is 30.0 Å². The van der Waals surface area contributed by atoms with Gasteiger partial charge in [0.15, 0.2) is 0 Å². The fraction of sp³-hybridized carbons (Fsp3) is 0.190. The number of rotatable bonds is 9.